The van der Waals surface area contributed by atoms with Gasteiger partial charge in [0, 0.05) is 17.8 Å². The number of carbonyl (C=O) groups is 1. The summed E-state index contributed by atoms with van der Waals surface area (Å²) < 4.78 is 26.6. The molecular weight excluding hydrogens is 324 g/mol. The number of nitrogens with one attached hydrogen (secondary N) is 1. The maximum atomic E-state index is 12.7. The van der Waals surface area contributed by atoms with Crippen LogP contribution in [0.5, 0.6) is 0 Å². The average Bonchev–Trinajstić information content (AvgIpc) is 2.85. The van der Waals surface area contributed by atoms with E-state index in [0.717, 1.165) is 0 Å². The summed E-state index contributed by atoms with van der Waals surface area (Å²) in [7, 11) is -2.24. The summed E-state index contributed by atoms with van der Waals surface area (Å²) in [5, 5.41) is 3.14. The number of rotatable bonds is 3. The van der Waals surface area contributed by atoms with Crippen LogP contribution < -0.4 is 9.62 Å². The topological polar surface area (TPSA) is 66.5 Å². The number of halogens is 1. The van der Waals surface area contributed by atoms with E-state index in [1.165, 1.54) is 23.5 Å². The van der Waals surface area contributed by atoms with Crippen LogP contribution in [-0.4, -0.2) is 21.4 Å². The lowest BCUT2D eigenvalue weighted by molar-refractivity contribution is -0.115. The Morgan fingerprint density at radius 1 is 1.18 bits per heavy atom. The third kappa shape index (κ3) is 2.55. The van der Waals surface area contributed by atoms with E-state index in [-0.39, 0.29) is 17.2 Å². The first-order chi connectivity index (χ1) is 10.4. The molecule has 0 spiro atoms. The van der Waals surface area contributed by atoms with E-state index < -0.39 is 10.0 Å². The minimum Gasteiger partial charge on any atom is -0.326 e. The Morgan fingerprint density at radius 3 is 2.68 bits per heavy atom. The molecule has 0 aromatic heterocycles. The van der Waals surface area contributed by atoms with E-state index >= 15 is 0 Å². The normalized spacial score (nSPS) is 13.6. The van der Waals surface area contributed by atoms with Crippen LogP contribution >= 0.6 is 11.6 Å². The van der Waals surface area contributed by atoms with E-state index in [9.17, 15) is 13.2 Å². The maximum absolute atomic E-state index is 12.7. The number of anilines is 2. The Balaban J connectivity index is 2.00. The van der Waals surface area contributed by atoms with E-state index in [1.807, 2.05) is 0 Å². The van der Waals surface area contributed by atoms with Gasteiger partial charge in [-0.1, -0.05) is 17.7 Å². The highest BCUT2D eigenvalue weighted by molar-refractivity contribution is 7.92. The van der Waals surface area contributed by atoms with Crippen molar-refractivity contribution in [2.75, 3.05) is 16.7 Å². The third-order valence-electron chi connectivity index (χ3n) is 3.53. The van der Waals surface area contributed by atoms with Crippen molar-refractivity contribution >= 4 is 38.9 Å². The Kier molecular flexibility index (Phi) is 3.58. The molecule has 0 atom stereocenters. The fourth-order valence-corrected chi connectivity index (χ4v) is 3.76. The highest BCUT2D eigenvalue weighted by Gasteiger charge is 2.25. The molecule has 22 heavy (non-hydrogen) atoms. The number of benzene rings is 2. The molecule has 0 saturated carbocycles. The van der Waals surface area contributed by atoms with Gasteiger partial charge in [0.05, 0.1) is 17.0 Å². The van der Waals surface area contributed by atoms with Gasteiger partial charge < -0.3 is 5.32 Å². The van der Waals surface area contributed by atoms with Crippen molar-refractivity contribution in [3.8, 4) is 0 Å². The first kappa shape index (κ1) is 14.9. The lowest BCUT2D eigenvalue weighted by Gasteiger charge is -2.20. The van der Waals surface area contributed by atoms with Crippen LogP contribution in [0.3, 0.4) is 0 Å². The third-order valence-corrected chi connectivity index (χ3v) is 5.55. The van der Waals surface area contributed by atoms with Crippen LogP contribution in [0.15, 0.2) is 47.4 Å². The molecule has 1 aliphatic heterocycles. The molecule has 2 aromatic rings. The molecule has 1 N–H and O–H groups in total. The Morgan fingerprint density at radius 2 is 1.95 bits per heavy atom. The van der Waals surface area contributed by atoms with E-state index in [4.69, 9.17) is 11.6 Å². The van der Waals surface area contributed by atoms with Crippen molar-refractivity contribution < 1.29 is 13.2 Å². The summed E-state index contributed by atoms with van der Waals surface area (Å²) in [6.07, 6.45) is 0.194. The molecule has 1 heterocycles. The molecule has 0 unspecified atom stereocenters. The van der Waals surface area contributed by atoms with Crippen molar-refractivity contribution in [1.82, 2.24) is 0 Å². The van der Waals surface area contributed by atoms with Crippen LogP contribution in [0.1, 0.15) is 5.56 Å². The van der Waals surface area contributed by atoms with Crippen LogP contribution in [0.25, 0.3) is 0 Å². The van der Waals surface area contributed by atoms with Crippen molar-refractivity contribution in [2.45, 2.75) is 11.3 Å². The first-order valence-corrected chi connectivity index (χ1v) is 8.37. The SMILES string of the molecule is CN(c1cccc(Cl)c1)S(=O)(=O)c1ccc2c(c1)CC(=O)N2. The standard InChI is InChI=1S/C15H13ClN2O3S/c1-18(12-4-2-3-11(16)9-12)22(20,21)13-5-6-14-10(7-13)8-15(19)17-14/h2-7,9H,8H2,1H3,(H,17,19). The van der Waals surface area contributed by atoms with Crippen molar-refractivity contribution in [3.63, 3.8) is 0 Å². The summed E-state index contributed by atoms with van der Waals surface area (Å²) in [6.45, 7) is 0. The maximum Gasteiger partial charge on any atom is 0.264 e. The van der Waals surface area contributed by atoms with Gasteiger partial charge >= 0.3 is 0 Å². The molecule has 0 bridgehead atoms. The lowest BCUT2D eigenvalue weighted by atomic mass is 10.2. The first-order valence-electron chi connectivity index (χ1n) is 6.55. The molecule has 0 aliphatic carbocycles. The summed E-state index contributed by atoms with van der Waals surface area (Å²) in [5.41, 5.74) is 1.82. The van der Waals surface area contributed by atoms with E-state index in [0.29, 0.717) is 22.0 Å². The highest BCUT2D eigenvalue weighted by Crippen LogP contribution is 2.29. The zero-order valence-electron chi connectivity index (χ0n) is 11.7. The molecule has 3 rings (SSSR count). The summed E-state index contributed by atoms with van der Waals surface area (Å²) in [4.78, 5) is 11.5. The van der Waals surface area contributed by atoms with Gasteiger partial charge in [0.25, 0.3) is 10.0 Å². The lowest BCUT2D eigenvalue weighted by Crippen LogP contribution is -2.26. The number of hydrogen-bond acceptors (Lipinski definition) is 3. The molecule has 7 heteroatoms. The van der Waals surface area contributed by atoms with Gasteiger partial charge in [-0.2, -0.15) is 0 Å². The minimum atomic E-state index is -3.71. The van der Waals surface area contributed by atoms with Crippen molar-refractivity contribution in [1.29, 1.82) is 0 Å². The monoisotopic (exact) mass is 336 g/mol. The molecule has 0 fully saturated rings. The number of fused-ring (bicyclic) bond motifs is 1. The fourth-order valence-electron chi connectivity index (χ4n) is 2.33. The van der Waals surface area contributed by atoms with Crippen LogP contribution in [0, 0.1) is 0 Å². The second-order valence-corrected chi connectivity index (χ2v) is 7.40. The molecule has 0 radical (unpaired) electrons. The predicted octanol–water partition coefficient (Wildman–Crippen LogP) is 2.66. The van der Waals surface area contributed by atoms with Crippen LogP contribution in [-0.2, 0) is 21.2 Å². The molecule has 1 amide bonds. The van der Waals surface area contributed by atoms with Gasteiger partial charge in [-0.15, -0.1) is 0 Å². The van der Waals surface area contributed by atoms with Crippen LogP contribution in [0.2, 0.25) is 5.02 Å². The van der Waals surface area contributed by atoms with E-state index in [1.54, 1.807) is 30.3 Å². The quantitative estimate of drug-likeness (QED) is 0.937. The Hall–Kier alpha value is -2.05. The minimum absolute atomic E-state index is 0.132. The molecular formula is C15H13ClN2O3S. The molecule has 2 aromatic carbocycles. The molecule has 5 nitrogen and oxygen atoms in total. The van der Waals surface area contributed by atoms with Gasteiger partial charge in [0.1, 0.15) is 0 Å². The summed E-state index contributed by atoms with van der Waals surface area (Å²) >= 11 is 5.91. The molecule has 114 valence electrons. The number of sulfonamides is 1. The van der Waals surface area contributed by atoms with E-state index in [2.05, 4.69) is 5.32 Å². The average molecular weight is 337 g/mol. The predicted molar refractivity (Wildman–Crippen MR) is 85.8 cm³/mol. The Labute approximate surface area is 133 Å². The van der Waals surface area contributed by atoms with Crippen molar-refractivity contribution in [2.24, 2.45) is 0 Å². The smallest absolute Gasteiger partial charge is 0.264 e. The highest BCUT2D eigenvalue weighted by atomic mass is 35.5. The largest absolute Gasteiger partial charge is 0.326 e. The van der Waals surface area contributed by atoms with Gasteiger partial charge in [-0.25, -0.2) is 8.42 Å². The van der Waals surface area contributed by atoms with Gasteiger partial charge in [-0.05, 0) is 42.0 Å². The number of nitrogens with zero attached hydrogens (tertiary/aromatic N) is 1. The second kappa shape index (κ2) is 5.30. The zero-order chi connectivity index (χ0) is 15.9. The zero-order valence-corrected chi connectivity index (χ0v) is 13.3. The number of hydrogen-bond donors (Lipinski definition) is 1. The van der Waals surface area contributed by atoms with Crippen molar-refractivity contribution in [3.05, 3.63) is 53.1 Å². The summed E-state index contributed by atoms with van der Waals surface area (Å²) in [6, 6.07) is 11.2. The molecule has 0 saturated heterocycles. The van der Waals surface area contributed by atoms with Crippen LogP contribution in [0.4, 0.5) is 11.4 Å². The van der Waals surface area contributed by atoms with Gasteiger partial charge in [0.2, 0.25) is 5.91 Å². The van der Waals surface area contributed by atoms with Gasteiger partial charge in [0.15, 0.2) is 0 Å². The Bertz CT molecular complexity index is 865. The molecule has 1 aliphatic rings. The number of amides is 1. The van der Waals surface area contributed by atoms with Gasteiger partial charge in [-0.3, -0.25) is 9.10 Å². The second-order valence-electron chi connectivity index (χ2n) is 5.00. The summed E-state index contributed by atoms with van der Waals surface area (Å²) in [5.74, 6) is -0.132. The number of carbonyl (C=O) groups excluding carboxylic acids is 1. The fraction of sp³-hybridized carbons (Fsp3) is 0.133.